The predicted molar refractivity (Wildman–Crippen MR) is 106 cm³/mol. The van der Waals surface area contributed by atoms with Crippen LogP contribution in [0.25, 0.3) is 0 Å². The topological polar surface area (TPSA) is 68.0 Å². The standard InChI is InChI=1S/C21H33N3O3/c1-5-27-18-14-21(22,20(18,2)3)19(25)24-12-10-23(11-13-24)15-16-8-6-7-9-17(16)26-4/h6-9,18H,5,10-15,22H2,1-4H3. The van der Waals surface area contributed by atoms with Crippen LogP contribution < -0.4 is 10.5 Å². The summed E-state index contributed by atoms with van der Waals surface area (Å²) in [6.45, 7) is 10.7. The Bertz CT molecular complexity index is 670. The minimum atomic E-state index is -0.822. The van der Waals surface area contributed by atoms with E-state index in [9.17, 15) is 4.79 Å². The lowest BCUT2D eigenvalue weighted by Gasteiger charge is -2.59. The van der Waals surface area contributed by atoms with Crippen molar-refractivity contribution in [2.45, 2.75) is 45.4 Å². The van der Waals surface area contributed by atoms with E-state index in [1.54, 1.807) is 7.11 Å². The van der Waals surface area contributed by atoms with Gasteiger partial charge in [-0.3, -0.25) is 9.69 Å². The smallest absolute Gasteiger partial charge is 0.243 e. The second-order valence-corrected chi connectivity index (χ2v) is 8.22. The molecule has 2 atom stereocenters. The van der Waals surface area contributed by atoms with Crippen molar-refractivity contribution in [3.63, 3.8) is 0 Å². The number of nitrogens with zero attached hydrogens (tertiary/aromatic N) is 2. The third-order valence-electron chi connectivity index (χ3n) is 6.46. The molecule has 1 aliphatic heterocycles. The molecule has 0 bridgehead atoms. The Morgan fingerprint density at radius 3 is 2.48 bits per heavy atom. The SMILES string of the molecule is CCOC1CC(N)(C(=O)N2CCN(Cc3ccccc3OC)CC2)C1(C)C. The molecule has 27 heavy (non-hydrogen) atoms. The van der Waals surface area contributed by atoms with Crippen LogP contribution >= 0.6 is 0 Å². The van der Waals surface area contributed by atoms with Gasteiger partial charge >= 0.3 is 0 Å². The molecule has 1 aromatic rings. The van der Waals surface area contributed by atoms with Gasteiger partial charge in [-0.2, -0.15) is 0 Å². The average Bonchev–Trinajstić information content (AvgIpc) is 2.68. The van der Waals surface area contributed by atoms with Crippen molar-refractivity contribution in [3.05, 3.63) is 29.8 Å². The molecule has 1 saturated carbocycles. The van der Waals surface area contributed by atoms with Crippen LogP contribution in [0.5, 0.6) is 5.75 Å². The first-order valence-corrected chi connectivity index (χ1v) is 9.87. The molecule has 1 heterocycles. The molecule has 3 rings (SSSR count). The summed E-state index contributed by atoms with van der Waals surface area (Å²) in [4.78, 5) is 17.4. The normalized spacial score (nSPS) is 27.9. The summed E-state index contributed by atoms with van der Waals surface area (Å²) in [5.41, 5.74) is 6.59. The number of para-hydroxylation sites is 1. The molecule has 0 aromatic heterocycles. The van der Waals surface area contributed by atoms with Gasteiger partial charge in [-0.1, -0.05) is 32.0 Å². The van der Waals surface area contributed by atoms with Crippen molar-refractivity contribution in [2.75, 3.05) is 39.9 Å². The van der Waals surface area contributed by atoms with Gasteiger partial charge in [0.2, 0.25) is 5.91 Å². The fourth-order valence-corrected chi connectivity index (χ4v) is 4.26. The molecule has 2 fully saturated rings. The number of carbonyl (C=O) groups excluding carboxylic acids is 1. The van der Waals surface area contributed by atoms with Crippen LogP contribution in [0.15, 0.2) is 24.3 Å². The maximum atomic E-state index is 13.1. The lowest BCUT2D eigenvalue weighted by molar-refractivity contribution is -0.180. The average molecular weight is 376 g/mol. The van der Waals surface area contributed by atoms with Crippen molar-refractivity contribution in [3.8, 4) is 5.75 Å². The van der Waals surface area contributed by atoms with E-state index >= 15 is 0 Å². The van der Waals surface area contributed by atoms with Crippen LogP contribution in [0.2, 0.25) is 0 Å². The first-order chi connectivity index (χ1) is 12.8. The molecule has 0 radical (unpaired) electrons. The van der Waals surface area contributed by atoms with E-state index < -0.39 is 5.54 Å². The Hall–Kier alpha value is -1.63. The minimum absolute atomic E-state index is 0.0586. The molecule has 0 spiro atoms. The fourth-order valence-electron chi connectivity index (χ4n) is 4.26. The number of hydrogen-bond acceptors (Lipinski definition) is 5. The van der Waals surface area contributed by atoms with Crippen molar-refractivity contribution >= 4 is 5.91 Å². The van der Waals surface area contributed by atoms with E-state index in [1.807, 2.05) is 43.9 Å². The van der Waals surface area contributed by atoms with Gasteiger partial charge < -0.3 is 20.1 Å². The maximum Gasteiger partial charge on any atom is 0.243 e. The Balaban J connectivity index is 1.57. The van der Waals surface area contributed by atoms with Crippen LogP contribution in [0.3, 0.4) is 0 Å². The molecule has 2 unspecified atom stereocenters. The Morgan fingerprint density at radius 1 is 1.22 bits per heavy atom. The molecule has 2 N–H and O–H groups in total. The number of nitrogens with two attached hydrogens (primary N) is 1. The van der Waals surface area contributed by atoms with E-state index in [-0.39, 0.29) is 17.4 Å². The maximum absolute atomic E-state index is 13.1. The Morgan fingerprint density at radius 2 is 1.89 bits per heavy atom. The Labute approximate surface area is 162 Å². The number of carbonyl (C=O) groups is 1. The fraction of sp³-hybridized carbons (Fsp3) is 0.667. The van der Waals surface area contributed by atoms with Gasteiger partial charge in [0.15, 0.2) is 0 Å². The van der Waals surface area contributed by atoms with Gasteiger partial charge in [0.05, 0.1) is 13.2 Å². The number of benzene rings is 1. The highest BCUT2D eigenvalue weighted by Crippen LogP contribution is 2.50. The molecular weight excluding hydrogens is 342 g/mol. The number of hydrogen-bond donors (Lipinski definition) is 1. The first kappa shape index (κ1) is 20.1. The zero-order chi connectivity index (χ0) is 19.7. The third-order valence-corrected chi connectivity index (χ3v) is 6.46. The van der Waals surface area contributed by atoms with E-state index in [2.05, 4.69) is 11.0 Å². The van der Waals surface area contributed by atoms with E-state index in [0.29, 0.717) is 26.1 Å². The lowest BCUT2D eigenvalue weighted by atomic mass is 9.54. The zero-order valence-electron chi connectivity index (χ0n) is 17.0. The highest BCUT2D eigenvalue weighted by atomic mass is 16.5. The first-order valence-electron chi connectivity index (χ1n) is 9.87. The molecule has 2 aliphatic rings. The summed E-state index contributed by atoms with van der Waals surface area (Å²) in [5, 5.41) is 0. The van der Waals surface area contributed by atoms with Crippen molar-refractivity contribution < 1.29 is 14.3 Å². The van der Waals surface area contributed by atoms with Crippen LogP contribution in [-0.4, -0.2) is 67.2 Å². The van der Waals surface area contributed by atoms with Crippen molar-refractivity contribution in [1.29, 1.82) is 0 Å². The molecule has 1 aromatic carbocycles. The molecule has 1 amide bonds. The summed E-state index contributed by atoms with van der Waals surface area (Å²) in [6.07, 6.45) is 0.664. The summed E-state index contributed by atoms with van der Waals surface area (Å²) in [6, 6.07) is 8.09. The van der Waals surface area contributed by atoms with Gasteiger partial charge in [-0.25, -0.2) is 0 Å². The van der Waals surface area contributed by atoms with Crippen LogP contribution in [0.4, 0.5) is 0 Å². The van der Waals surface area contributed by atoms with E-state index in [0.717, 1.165) is 25.4 Å². The second kappa shape index (κ2) is 7.78. The number of methoxy groups -OCH3 is 1. The molecule has 6 heteroatoms. The van der Waals surface area contributed by atoms with Crippen molar-refractivity contribution in [2.24, 2.45) is 11.1 Å². The third kappa shape index (κ3) is 3.58. The lowest BCUT2D eigenvalue weighted by Crippen LogP contribution is -2.76. The molecule has 6 nitrogen and oxygen atoms in total. The quantitative estimate of drug-likeness (QED) is 0.822. The summed E-state index contributed by atoms with van der Waals surface area (Å²) >= 11 is 0. The number of piperazine rings is 1. The summed E-state index contributed by atoms with van der Waals surface area (Å²) in [5.74, 6) is 0.982. The van der Waals surface area contributed by atoms with Gasteiger partial charge in [0, 0.05) is 56.7 Å². The molecular formula is C21H33N3O3. The van der Waals surface area contributed by atoms with Gasteiger partial charge in [-0.15, -0.1) is 0 Å². The molecule has 150 valence electrons. The van der Waals surface area contributed by atoms with Gasteiger partial charge in [-0.05, 0) is 13.0 Å². The zero-order valence-corrected chi connectivity index (χ0v) is 17.0. The monoisotopic (exact) mass is 375 g/mol. The van der Waals surface area contributed by atoms with E-state index in [1.165, 1.54) is 5.56 Å². The van der Waals surface area contributed by atoms with Gasteiger partial charge in [0.1, 0.15) is 11.3 Å². The summed E-state index contributed by atoms with van der Waals surface area (Å²) < 4.78 is 11.2. The highest BCUT2D eigenvalue weighted by Gasteiger charge is 2.63. The van der Waals surface area contributed by atoms with E-state index in [4.69, 9.17) is 15.2 Å². The Kier molecular flexibility index (Phi) is 5.79. The van der Waals surface area contributed by atoms with Crippen molar-refractivity contribution in [1.82, 2.24) is 9.80 Å². The highest BCUT2D eigenvalue weighted by molar-refractivity contribution is 5.89. The summed E-state index contributed by atoms with van der Waals surface area (Å²) in [7, 11) is 1.70. The number of rotatable bonds is 6. The second-order valence-electron chi connectivity index (χ2n) is 8.22. The van der Waals surface area contributed by atoms with Crippen LogP contribution in [-0.2, 0) is 16.1 Å². The molecule has 1 aliphatic carbocycles. The predicted octanol–water partition coefficient (Wildman–Crippen LogP) is 1.87. The largest absolute Gasteiger partial charge is 0.496 e. The minimum Gasteiger partial charge on any atom is -0.496 e. The number of ether oxygens (including phenoxy) is 2. The number of amides is 1. The van der Waals surface area contributed by atoms with Crippen LogP contribution in [0, 0.1) is 5.41 Å². The van der Waals surface area contributed by atoms with Gasteiger partial charge in [0.25, 0.3) is 0 Å². The molecule has 1 saturated heterocycles. The van der Waals surface area contributed by atoms with Crippen LogP contribution in [0.1, 0.15) is 32.8 Å².